The summed E-state index contributed by atoms with van der Waals surface area (Å²) in [6.07, 6.45) is 5.11. The molecule has 2 rings (SSSR count). The Hall–Kier alpha value is -0.970. The van der Waals surface area contributed by atoms with Crippen molar-refractivity contribution in [1.29, 1.82) is 0 Å². The van der Waals surface area contributed by atoms with Crippen LogP contribution >= 0.6 is 15.9 Å². The molecule has 0 aliphatic heterocycles. The molecule has 0 unspecified atom stereocenters. The largest absolute Gasteiger partial charge is 0.349 e. The highest BCUT2D eigenvalue weighted by atomic mass is 79.9. The highest BCUT2D eigenvalue weighted by Crippen LogP contribution is 2.24. The van der Waals surface area contributed by atoms with E-state index in [1.54, 1.807) is 0 Å². The van der Waals surface area contributed by atoms with Crippen LogP contribution in [0.15, 0.2) is 16.6 Å². The molecule has 1 aromatic rings. The highest BCUT2D eigenvalue weighted by Gasteiger charge is 2.22. The Balaban J connectivity index is 2.15. The fourth-order valence-electron chi connectivity index (χ4n) is 2.24. The highest BCUT2D eigenvalue weighted by molar-refractivity contribution is 9.10. The molecule has 0 radical (unpaired) electrons. The molecule has 0 aromatic heterocycles. The average Bonchev–Trinajstić information content (AvgIpc) is 2.36. The lowest BCUT2D eigenvalue weighted by Crippen LogP contribution is -2.36. The zero-order valence-electron chi connectivity index (χ0n) is 9.81. The maximum atomic E-state index is 13.6. The number of rotatable bonds is 2. The van der Waals surface area contributed by atoms with Crippen molar-refractivity contribution in [2.45, 2.75) is 38.1 Å². The smallest absolute Gasteiger partial charge is 0.255 e. The fraction of sp³-hybridized carbons (Fsp3) is 0.462. The van der Waals surface area contributed by atoms with Crippen LogP contribution in [-0.2, 0) is 0 Å². The normalized spacial score (nSPS) is 16.6. The average molecular weight is 318 g/mol. The maximum Gasteiger partial charge on any atom is 0.255 e. The van der Waals surface area contributed by atoms with Crippen molar-refractivity contribution in [2.24, 2.45) is 0 Å². The van der Waals surface area contributed by atoms with Gasteiger partial charge in [0.05, 0.1) is 10.0 Å². The fourth-order valence-corrected chi connectivity index (χ4v) is 2.74. The zero-order chi connectivity index (χ0) is 13.1. The summed E-state index contributed by atoms with van der Waals surface area (Å²) in [6.45, 7) is 0. The van der Waals surface area contributed by atoms with E-state index in [1.165, 1.54) is 6.42 Å². The molecule has 1 fully saturated rings. The van der Waals surface area contributed by atoms with E-state index in [4.69, 9.17) is 0 Å². The minimum atomic E-state index is -0.711. The van der Waals surface area contributed by atoms with E-state index in [1.807, 2.05) is 0 Å². The van der Waals surface area contributed by atoms with Gasteiger partial charge >= 0.3 is 0 Å². The Morgan fingerprint density at radius 1 is 1.17 bits per heavy atom. The van der Waals surface area contributed by atoms with Gasteiger partial charge in [-0.2, -0.15) is 0 Å². The Morgan fingerprint density at radius 2 is 1.78 bits per heavy atom. The van der Waals surface area contributed by atoms with Gasteiger partial charge in [0, 0.05) is 6.04 Å². The van der Waals surface area contributed by atoms with Gasteiger partial charge in [0.1, 0.15) is 11.6 Å². The molecular formula is C13H14BrF2NO. The third kappa shape index (κ3) is 2.88. The molecule has 0 saturated heterocycles. The van der Waals surface area contributed by atoms with E-state index < -0.39 is 17.5 Å². The second-order valence-electron chi connectivity index (χ2n) is 4.53. The summed E-state index contributed by atoms with van der Waals surface area (Å²) in [5, 5.41) is 2.77. The minimum absolute atomic E-state index is 0.0702. The van der Waals surface area contributed by atoms with Crippen molar-refractivity contribution >= 4 is 21.8 Å². The topological polar surface area (TPSA) is 29.1 Å². The number of halogens is 3. The van der Waals surface area contributed by atoms with Crippen molar-refractivity contribution in [3.63, 3.8) is 0 Å². The van der Waals surface area contributed by atoms with Crippen LogP contribution in [0.25, 0.3) is 0 Å². The van der Waals surface area contributed by atoms with E-state index in [2.05, 4.69) is 21.2 Å². The van der Waals surface area contributed by atoms with Crippen LogP contribution in [0.2, 0.25) is 0 Å². The first kappa shape index (κ1) is 13.5. The number of hydrogen-bond donors (Lipinski definition) is 1. The van der Waals surface area contributed by atoms with Gasteiger partial charge in [0.25, 0.3) is 5.91 Å². The molecule has 1 aliphatic carbocycles. The molecule has 1 aliphatic rings. The minimum Gasteiger partial charge on any atom is -0.349 e. The van der Waals surface area contributed by atoms with Crippen LogP contribution in [0, 0.1) is 11.6 Å². The van der Waals surface area contributed by atoms with E-state index in [9.17, 15) is 13.6 Å². The Labute approximate surface area is 113 Å². The van der Waals surface area contributed by atoms with Crippen molar-refractivity contribution in [1.82, 2.24) is 5.32 Å². The summed E-state index contributed by atoms with van der Waals surface area (Å²) in [5.74, 6) is -1.90. The monoisotopic (exact) mass is 317 g/mol. The molecule has 0 heterocycles. The lowest BCUT2D eigenvalue weighted by atomic mass is 9.95. The van der Waals surface area contributed by atoms with Gasteiger partial charge in [-0.3, -0.25) is 4.79 Å². The van der Waals surface area contributed by atoms with Gasteiger partial charge < -0.3 is 5.32 Å². The van der Waals surface area contributed by atoms with Crippen molar-refractivity contribution < 1.29 is 13.6 Å². The Morgan fingerprint density at radius 3 is 2.44 bits per heavy atom. The van der Waals surface area contributed by atoms with Crippen LogP contribution in [0.4, 0.5) is 8.78 Å². The number of hydrogen-bond acceptors (Lipinski definition) is 1. The lowest BCUT2D eigenvalue weighted by Gasteiger charge is -2.23. The SMILES string of the molecule is O=C(NC1CCCCC1)c1c(F)ccc(F)c1Br. The molecule has 18 heavy (non-hydrogen) atoms. The summed E-state index contributed by atoms with van der Waals surface area (Å²) < 4.78 is 26.8. The summed E-state index contributed by atoms with van der Waals surface area (Å²) in [4.78, 5) is 12.0. The predicted molar refractivity (Wildman–Crippen MR) is 68.4 cm³/mol. The Bertz CT molecular complexity index is 459. The first-order valence-corrected chi connectivity index (χ1v) is 6.83. The van der Waals surface area contributed by atoms with E-state index in [-0.39, 0.29) is 16.1 Å². The second kappa shape index (κ2) is 5.78. The molecule has 1 N–H and O–H groups in total. The van der Waals surface area contributed by atoms with E-state index >= 15 is 0 Å². The van der Waals surface area contributed by atoms with Crippen molar-refractivity contribution in [3.05, 3.63) is 33.8 Å². The lowest BCUT2D eigenvalue weighted by molar-refractivity contribution is 0.0922. The van der Waals surface area contributed by atoms with E-state index in [0.29, 0.717) is 0 Å². The number of nitrogens with one attached hydrogen (secondary N) is 1. The van der Waals surface area contributed by atoms with Crippen LogP contribution in [-0.4, -0.2) is 11.9 Å². The van der Waals surface area contributed by atoms with Crippen LogP contribution in [0.1, 0.15) is 42.5 Å². The van der Waals surface area contributed by atoms with Gasteiger partial charge in [-0.15, -0.1) is 0 Å². The molecule has 2 nitrogen and oxygen atoms in total. The van der Waals surface area contributed by atoms with Gasteiger partial charge in [-0.05, 0) is 40.9 Å². The zero-order valence-corrected chi connectivity index (χ0v) is 11.4. The molecule has 5 heteroatoms. The van der Waals surface area contributed by atoms with Gasteiger partial charge in [0.15, 0.2) is 0 Å². The molecule has 0 spiro atoms. The van der Waals surface area contributed by atoms with E-state index in [0.717, 1.165) is 37.8 Å². The molecular weight excluding hydrogens is 304 g/mol. The molecule has 0 bridgehead atoms. The first-order valence-electron chi connectivity index (χ1n) is 6.04. The van der Waals surface area contributed by atoms with Crippen LogP contribution in [0.3, 0.4) is 0 Å². The standard InChI is InChI=1S/C13H14BrF2NO/c14-12-10(16)7-6-9(15)11(12)13(18)17-8-4-2-1-3-5-8/h6-8H,1-5H2,(H,17,18). The number of benzene rings is 1. The molecule has 1 amide bonds. The van der Waals surface area contributed by atoms with Crippen LogP contribution < -0.4 is 5.32 Å². The maximum absolute atomic E-state index is 13.6. The number of carbonyl (C=O) groups is 1. The summed E-state index contributed by atoms with van der Waals surface area (Å²) in [5.41, 5.74) is -0.249. The molecule has 1 aromatic carbocycles. The molecule has 98 valence electrons. The van der Waals surface area contributed by atoms with Crippen molar-refractivity contribution in [2.75, 3.05) is 0 Å². The van der Waals surface area contributed by atoms with Gasteiger partial charge in [-0.1, -0.05) is 19.3 Å². The summed E-state index contributed by atoms with van der Waals surface area (Å²) >= 11 is 2.92. The van der Waals surface area contributed by atoms with Gasteiger partial charge in [0.2, 0.25) is 0 Å². The van der Waals surface area contributed by atoms with Crippen LogP contribution in [0.5, 0.6) is 0 Å². The number of amides is 1. The quantitative estimate of drug-likeness (QED) is 0.826. The summed E-state index contributed by atoms with van der Waals surface area (Å²) in [6, 6.07) is 2.04. The Kier molecular flexibility index (Phi) is 4.32. The summed E-state index contributed by atoms with van der Waals surface area (Å²) in [7, 11) is 0. The van der Waals surface area contributed by atoms with Crippen molar-refractivity contribution in [3.8, 4) is 0 Å². The second-order valence-corrected chi connectivity index (χ2v) is 5.32. The molecule has 1 saturated carbocycles. The third-order valence-electron chi connectivity index (χ3n) is 3.21. The number of carbonyl (C=O) groups excluding carboxylic acids is 1. The predicted octanol–water partition coefficient (Wildman–Crippen LogP) is 3.79. The first-order chi connectivity index (χ1) is 8.59. The third-order valence-corrected chi connectivity index (χ3v) is 3.99. The van der Waals surface area contributed by atoms with Gasteiger partial charge in [-0.25, -0.2) is 8.78 Å². The molecule has 0 atom stereocenters.